The minimum atomic E-state index is -3.32. The lowest BCUT2D eigenvalue weighted by Gasteiger charge is -2.27. The van der Waals surface area contributed by atoms with Crippen molar-refractivity contribution in [1.82, 2.24) is 19.7 Å². The number of rotatable bonds is 7. The molecule has 1 aliphatic heterocycles. The van der Waals surface area contributed by atoms with Gasteiger partial charge in [-0.15, -0.1) is 0 Å². The Morgan fingerprint density at radius 1 is 1.23 bits per heavy atom. The van der Waals surface area contributed by atoms with Crippen molar-refractivity contribution in [2.75, 3.05) is 12.9 Å². The highest BCUT2D eigenvalue weighted by atomic mass is 32.2. The Bertz CT molecular complexity index is 1210. The molecular formula is C22H22N4O4S. The van der Waals surface area contributed by atoms with Gasteiger partial charge in [-0.1, -0.05) is 30.3 Å². The van der Waals surface area contributed by atoms with Gasteiger partial charge in [-0.2, -0.15) is 5.10 Å². The van der Waals surface area contributed by atoms with Crippen LogP contribution >= 0.6 is 0 Å². The molecule has 31 heavy (non-hydrogen) atoms. The van der Waals surface area contributed by atoms with Crippen LogP contribution in [-0.4, -0.2) is 52.9 Å². The highest BCUT2D eigenvalue weighted by Crippen LogP contribution is 2.21. The maximum absolute atomic E-state index is 13.2. The van der Waals surface area contributed by atoms with E-state index in [-0.39, 0.29) is 24.7 Å². The van der Waals surface area contributed by atoms with Crippen molar-refractivity contribution in [3.8, 4) is 17.0 Å². The van der Waals surface area contributed by atoms with E-state index in [0.717, 1.165) is 16.7 Å². The van der Waals surface area contributed by atoms with Crippen molar-refractivity contribution in [2.45, 2.75) is 19.1 Å². The molecule has 1 amide bonds. The van der Waals surface area contributed by atoms with Crippen LogP contribution in [0.25, 0.3) is 11.1 Å². The second-order valence-corrected chi connectivity index (χ2v) is 9.18. The first-order valence-corrected chi connectivity index (χ1v) is 11.4. The fraction of sp³-hybridized carbons (Fsp3) is 0.227. The highest BCUT2D eigenvalue weighted by molar-refractivity contribution is 7.94. The number of sulfone groups is 1. The Hall–Kier alpha value is -3.46. The first kappa shape index (κ1) is 20.8. The van der Waals surface area contributed by atoms with Crippen molar-refractivity contribution in [1.29, 1.82) is 0 Å². The zero-order valence-corrected chi connectivity index (χ0v) is 17.8. The molecular weight excluding hydrogens is 416 g/mol. The molecule has 9 heteroatoms. The molecule has 160 valence electrons. The summed E-state index contributed by atoms with van der Waals surface area (Å²) in [7, 11) is -1.80. The first-order valence-electron chi connectivity index (χ1n) is 9.71. The number of aromatic nitrogens is 3. The lowest BCUT2D eigenvalue weighted by molar-refractivity contribution is -0.133. The smallest absolute Gasteiger partial charge is 0.245 e. The molecule has 3 aromatic rings. The summed E-state index contributed by atoms with van der Waals surface area (Å²) in [5, 5.41) is 5.48. The van der Waals surface area contributed by atoms with E-state index in [1.807, 2.05) is 36.5 Å². The number of ether oxygens (including phenoxy) is 1. The van der Waals surface area contributed by atoms with E-state index >= 15 is 0 Å². The molecule has 1 aliphatic rings. The maximum atomic E-state index is 13.2. The Balaban J connectivity index is 1.55. The molecule has 1 unspecified atom stereocenters. The Morgan fingerprint density at radius 2 is 2.03 bits per heavy atom. The van der Waals surface area contributed by atoms with Gasteiger partial charge in [0.15, 0.2) is 9.84 Å². The fourth-order valence-corrected chi connectivity index (χ4v) is 4.76. The third-order valence-electron chi connectivity index (χ3n) is 5.03. The lowest BCUT2D eigenvalue weighted by Crippen LogP contribution is -2.42. The van der Waals surface area contributed by atoms with Crippen molar-refractivity contribution < 1.29 is 17.9 Å². The van der Waals surface area contributed by atoms with Crippen LogP contribution in [-0.2, 0) is 27.7 Å². The van der Waals surface area contributed by atoms with E-state index in [1.165, 1.54) is 12.5 Å². The first-order chi connectivity index (χ1) is 14.9. The number of hydrogen-bond acceptors (Lipinski definition) is 6. The standard InChI is InChI=1S/C22H22N4O4S/c1-30-21-11-17(7-9-23-21)13-26(20-8-10-31(28,29)16-20)22(27)15-25-14-19(12-24-25)18-5-3-2-4-6-18/h2-12,14,20H,13,15-16H2,1H3. The molecule has 4 rings (SSSR count). The third kappa shape index (κ3) is 5.00. The second kappa shape index (κ2) is 8.73. The van der Waals surface area contributed by atoms with Crippen LogP contribution < -0.4 is 4.74 Å². The van der Waals surface area contributed by atoms with Crippen molar-refractivity contribution in [2.24, 2.45) is 0 Å². The average Bonchev–Trinajstić information content (AvgIpc) is 3.38. The normalized spacial score (nSPS) is 16.9. The van der Waals surface area contributed by atoms with Gasteiger partial charge < -0.3 is 9.64 Å². The molecule has 2 aromatic heterocycles. The summed E-state index contributed by atoms with van der Waals surface area (Å²) in [4.78, 5) is 18.8. The average molecular weight is 439 g/mol. The van der Waals surface area contributed by atoms with Crippen LogP contribution in [0.2, 0.25) is 0 Å². The Labute approximate surface area is 180 Å². The van der Waals surface area contributed by atoms with Gasteiger partial charge in [-0.3, -0.25) is 9.48 Å². The van der Waals surface area contributed by atoms with E-state index in [2.05, 4.69) is 10.1 Å². The van der Waals surface area contributed by atoms with E-state index in [1.54, 1.807) is 40.2 Å². The molecule has 0 aliphatic carbocycles. The highest BCUT2D eigenvalue weighted by Gasteiger charge is 2.30. The van der Waals surface area contributed by atoms with Crippen LogP contribution in [0.1, 0.15) is 5.56 Å². The largest absolute Gasteiger partial charge is 0.481 e. The third-order valence-corrected chi connectivity index (χ3v) is 6.41. The van der Waals surface area contributed by atoms with Crippen molar-refractivity contribution >= 4 is 15.7 Å². The van der Waals surface area contributed by atoms with Crippen LogP contribution in [0.3, 0.4) is 0 Å². The van der Waals surface area contributed by atoms with E-state index in [4.69, 9.17) is 4.74 Å². The van der Waals surface area contributed by atoms with Gasteiger partial charge in [0.05, 0.1) is 25.1 Å². The molecule has 0 N–H and O–H groups in total. The minimum absolute atomic E-state index is 0.000556. The van der Waals surface area contributed by atoms with Crippen LogP contribution in [0, 0.1) is 0 Å². The van der Waals surface area contributed by atoms with E-state index in [9.17, 15) is 13.2 Å². The lowest BCUT2D eigenvalue weighted by atomic mass is 10.1. The fourth-order valence-electron chi connectivity index (χ4n) is 3.46. The molecule has 0 saturated heterocycles. The molecule has 0 saturated carbocycles. The predicted molar refractivity (Wildman–Crippen MR) is 116 cm³/mol. The van der Waals surface area contributed by atoms with Crippen LogP contribution in [0.5, 0.6) is 5.88 Å². The van der Waals surface area contributed by atoms with E-state index in [0.29, 0.717) is 5.88 Å². The van der Waals surface area contributed by atoms with Crippen LogP contribution in [0.4, 0.5) is 0 Å². The number of methoxy groups -OCH3 is 1. The summed E-state index contributed by atoms with van der Waals surface area (Å²) in [6, 6.07) is 12.7. The van der Waals surface area contributed by atoms with Gasteiger partial charge in [0.1, 0.15) is 6.54 Å². The molecule has 0 spiro atoms. The van der Waals surface area contributed by atoms with Gasteiger partial charge in [-0.25, -0.2) is 13.4 Å². The summed E-state index contributed by atoms with van der Waals surface area (Å²) in [6.45, 7) is 0.231. The van der Waals surface area contributed by atoms with Crippen molar-refractivity contribution in [3.63, 3.8) is 0 Å². The summed E-state index contributed by atoms with van der Waals surface area (Å²) < 4.78 is 30.7. The molecule has 1 aromatic carbocycles. The van der Waals surface area contributed by atoms with Gasteiger partial charge in [0.25, 0.3) is 0 Å². The van der Waals surface area contributed by atoms with Crippen LogP contribution in [0.15, 0.2) is 72.5 Å². The molecule has 8 nitrogen and oxygen atoms in total. The summed E-state index contributed by atoms with van der Waals surface area (Å²) in [5.41, 5.74) is 2.71. The topological polar surface area (TPSA) is 94.4 Å². The number of pyridine rings is 1. The van der Waals surface area contributed by atoms with Gasteiger partial charge in [-0.05, 0) is 23.3 Å². The molecule has 0 bridgehead atoms. The Morgan fingerprint density at radius 3 is 2.74 bits per heavy atom. The Kier molecular flexibility index (Phi) is 5.85. The minimum Gasteiger partial charge on any atom is -0.481 e. The van der Waals surface area contributed by atoms with Crippen molar-refractivity contribution in [3.05, 3.63) is 78.1 Å². The number of nitrogens with zero attached hydrogens (tertiary/aromatic N) is 4. The summed E-state index contributed by atoms with van der Waals surface area (Å²) >= 11 is 0. The summed E-state index contributed by atoms with van der Waals surface area (Å²) in [6.07, 6.45) is 6.67. The molecule has 1 atom stereocenters. The number of carbonyl (C=O) groups excluding carboxylic acids is 1. The summed E-state index contributed by atoms with van der Waals surface area (Å²) in [5.74, 6) is 0.0688. The molecule has 0 fully saturated rings. The zero-order chi connectivity index (χ0) is 21.8. The van der Waals surface area contributed by atoms with Gasteiger partial charge in [0, 0.05) is 36.0 Å². The quantitative estimate of drug-likeness (QED) is 0.562. The predicted octanol–water partition coefficient (Wildman–Crippen LogP) is 2.29. The maximum Gasteiger partial charge on any atom is 0.245 e. The number of amides is 1. The SMILES string of the molecule is COc1cc(CN(C(=O)Cn2cc(-c3ccccc3)cn2)C2C=CS(=O)(=O)C2)ccn1. The monoisotopic (exact) mass is 438 g/mol. The van der Waals surface area contributed by atoms with Gasteiger partial charge >= 0.3 is 0 Å². The molecule has 3 heterocycles. The zero-order valence-electron chi connectivity index (χ0n) is 17.0. The number of benzene rings is 1. The van der Waals surface area contributed by atoms with E-state index < -0.39 is 15.9 Å². The second-order valence-electron chi connectivity index (χ2n) is 7.25. The van der Waals surface area contributed by atoms with Gasteiger partial charge in [0.2, 0.25) is 11.8 Å². The number of hydrogen-bond donors (Lipinski definition) is 0. The number of carbonyl (C=O) groups is 1. The molecule has 0 radical (unpaired) electrons.